The maximum atomic E-state index is 12.1. The second-order valence-corrected chi connectivity index (χ2v) is 7.96. The smallest absolute Gasteiger partial charge is 0.244 e. The van der Waals surface area contributed by atoms with Gasteiger partial charge in [0, 0.05) is 30.4 Å². The monoisotopic (exact) mass is 479 g/mol. The molecule has 0 spiro atoms. The third kappa shape index (κ3) is 7.08. The number of nitrogens with one attached hydrogen (secondary N) is 2. The summed E-state index contributed by atoms with van der Waals surface area (Å²) in [6, 6.07) is 0. The van der Waals surface area contributed by atoms with Crippen LogP contribution >= 0.6 is 35.3 Å². The first-order valence-electron chi connectivity index (χ1n) is 8.65. The minimum absolute atomic E-state index is 0. The van der Waals surface area contributed by atoms with Gasteiger partial charge in [-0.3, -0.25) is 4.79 Å². The van der Waals surface area contributed by atoms with Crippen molar-refractivity contribution in [3.05, 3.63) is 16.1 Å². The van der Waals surface area contributed by atoms with E-state index in [1.807, 2.05) is 11.8 Å². The number of aliphatic imine (C=N–C) groups is 1. The fourth-order valence-corrected chi connectivity index (χ4v) is 3.41. The van der Waals surface area contributed by atoms with Crippen LogP contribution in [0.4, 0.5) is 0 Å². The Labute approximate surface area is 171 Å². The molecule has 0 atom stereocenters. The Hall–Kier alpha value is -0.900. The molecule has 0 saturated carbocycles. The number of halogens is 1. The molecule has 2 rings (SSSR count). The van der Waals surface area contributed by atoms with E-state index in [4.69, 9.17) is 0 Å². The van der Waals surface area contributed by atoms with Crippen molar-refractivity contribution in [1.29, 1.82) is 0 Å². The van der Waals surface area contributed by atoms with E-state index in [2.05, 4.69) is 46.8 Å². The Morgan fingerprint density at radius 3 is 2.56 bits per heavy atom. The van der Waals surface area contributed by atoms with Crippen molar-refractivity contribution in [2.75, 3.05) is 26.2 Å². The summed E-state index contributed by atoms with van der Waals surface area (Å²) in [5.41, 5.74) is 1.17. The second-order valence-electron chi connectivity index (χ2n) is 7.01. The Morgan fingerprint density at radius 2 is 2.00 bits per heavy atom. The summed E-state index contributed by atoms with van der Waals surface area (Å²) in [6.45, 7) is 11.8. The number of carbonyl (C=O) groups excluding carboxylic acids is 1. The van der Waals surface area contributed by atoms with Crippen LogP contribution in [0.5, 0.6) is 0 Å². The molecule has 8 heteroatoms. The van der Waals surface area contributed by atoms with E-state index in [0.717, 1.165) is 43.2 Å². The maximum absolute atomic E-state index is 12.1. The zero-order chi connectivity index (χ0) is 17.6. The lowest BCUT2D eigenvalue weighted by Crippen LogP contribution is -2.38. The van der Waals surface area contributed by atoms with Crippen LogP contribution in [-0.2, 0) is 16.8 Å². The predicted octanol–water partition coefficient (Wildman–Crippen LogP) is 2.74. The lowest BCUT2D eigenvalue weighted by atomic mass is 9.93. The van der Waals surface area contributed by atoms with Crippen molar-refractivity contribution < 1.29 is 4.79 Å². The number of aromatic nitrogens is 1. The molecule has 1 aromatic heterocycles. The van der Waals surface area contributed by atoms with Crippen molar-refractivity contribution in [2.24, 2.45) is 4.99 Å². The zero-order valence-electron chi connectivity index (χ0n) is 15.6. The molecule has 0 aromatic carbocycles. The number of rotatable bonds is 5. The number of carbonyl (C=O) groups is 1. The van der Waals surface area contributed by atoms with Gasteiger partial charge in [-0.1, -0.05) is 20.8 Å². The van der Waals surface area contributed by atoms with E-state index in [1.165, 1.54) is 0 Å². The molecule has 6 nitrogen and oxygen atoms in total. The molecule has 1 aromatic rings. The van der Waals surface area contributed by atoms with Gasteiger partial charge in [0.2, 0.25) is 5.91 Å². The van der Waals surface area contributed by atoms with Gasteiger partial charge in [0.15, 0.2) is 5.96 Å². The van der Waals surface area contributed by atoms with Gasteiger partial charge >= 0.3 is 0 Å². The summed E-state index contributed by atoms with van der Waals surface area (Å²) in [5.74, 6) is 0.770. The Bertz CT molecular complexity index is 576. The van der Waals surface area contributed by atoms with E-state index in [-0.39, 0.29) is 41.8 Å². The average molecular weight is 479 g/mol. The van der Waals surface area contributed by atoms with Crippen LogP contribution < -0.4 is 10.6 Å². The zero-order valence-corrected chi connectivity index (χ0v) is 18.7. The summed E-state index contributed by atoms with van der Waals surface area (Å²) in [6.07, 6.45) is 2.21. The van der Waals surface area contributed by atoms with Crippen LogP contribution in [0.25, 0.3) is 0 Å². The van der Waals surface area contributed by atoms with E-state index in [1.54, 1.807) is 11.3 Å². The first-order valence-corrected chi connectivity index (χ1v) is 9.53. The van der Waals surface area contributed by atoms with Crippen LogP contribution in [0.15, 0.2) is 10.4 Å². The highest BCUT2D eigenvalue weighted by Crippen LogP contribution is 2.23. The van der Waals surface area contributed by atoms with E-state index in [9.17, 15) is 4.79 Å². The van der Waals surface area contributed by atoms with Gasteiger partial charge in [0.1, 0.15) is 11.6 Å². The Morgan fingerprint density at radius 1 is 1.32 bits per heavy atom. The van der Waals surface area contributed by atoms with Gasteiger partial charge in [-0.2, -0.15) is 0 Å². The molecule has 2 N–H and O–H groups in total. The number of nitrogens with zero attached hydrogens (tertiary/aromatic N) is 3. The minimum Gasteiger partial charge on any atom is -0.357 e. The molecule has 0 unspecified atom stereocenters. The van der Waals surface area contributed by atoms with Crippen LogP contribution in [0.3, 0.4) is 0 Å². The summed E-state index contributed by atoms with van der Waals surface area (Å²) >= 11 is 1.65. The van der Waals surface area contributed by atoms with Gasteiger partial charge in [-0.05, 0) is 19.8 Å². The fourth-order valence-electron chi connectivity index (χ4n) is 2.45. The molecule has 1 aliphatic heterocycles. The topological polar surface area (TPSA) is 69.6 Å². The van der Waals surface area contributed by atoms with Crippen molar-refractivity contribution in [3.63, 3.8) is 0 Å². The molecular formula is C17H30IN5OS. The van der Waals surface area contributed by atoms with Gasteiger partial charge in [0.05, 0.1) is 12.2 Å². The molecule has 1 aliphatic rings. The summed E-state index contributed by atoms with van der Waals surface area (Å²) in [4.78, 5) is 23.1. The summed E-state index contributed by atoms with van der Waals surface area (Å²) in [5, 5.41) is 9.58. The first kappa shape index (κ1) is 22.1. The van der Waals surface area contributed by atoms with Crippen LogP contribution in [0, 0.1) is 0 Å². The number of hydrogen-bond acceptors (Lipinski definition) is 4. The summed E-state index contributed by atoms with van der Waals surface area (Å²) in [7, 11) is 0. The van der Waals surface area contributed by atoms with Crippen molar-refractivity contribution in [1.82, 2.24) is 20.5 Å². The summed E-state index contributed by atoms with van der Waals surface area (Å²) < 4.78 is 0. The Kier molecular flexibility index (Phi) is 9.12. The number of amides is 1. The van der Waals surface area contributed by atoms with Gasteiger partial charge in [0.25, 0.3) is 0 Å². The highest BCUT2D eigenvalue weighted by atomic mass is 127. The van der Waals surface area contributed by atoms with Gasteiger partial charge in [-0.15, -0.1) is 35.3 Å². The average Bonchev–Trinajstić information content (AvgIpc) is 3.20. The second kappa shape index (κ2) is 10.3. The van der Waals surface area contributed by atoms with Crippen molar-refractivity contribution in [3.8, 4) is 0 Å². The van der Waals surface area contributed by atoms with Crippen LogP contribution in [-0.4, -0.2) is 47.9 Å². The molecule has 1 amide bonds. The molecule has 25 heavy (non-hydrogen) atoms. The van der Waals surface area contributed by atoms with Gasteiger partial charge in [-0.25, -0.2) is 9.98 Å². The highest BCUT2D eigenvalue weighted by Gasteiger charge is 2.18. The molecule has 1 saturated heterocycles. The van der Waals surface area contributed by atoms with Crippen LogP contribution in [0.2, 0.25) is 0 Å². The highest BCUT2D eigenvalue weighted by molar-refractivity contribution is 14.0. The lowest BCUT2D eigenvalue weighted by molar-refractivity contribution is -0.128. The normalized spacial score (nSPS) is 15.0. The molecule has 0 radical (unpaired) electrons. The Balaban J connectivity index is 0.00000312. The molecule has 2 heterocycles. The number of hydrogen-bond donors (Lipinski definition) is 2. The maximum Gasteiger partial charge on any atom is 0.244 e. The SMILES string of the molecule is CCNC(=NCC(=O)N1CCCC1)NCc1nc(C(C)(C)C)cs1.I. The van der Waals surface area contributed by atoms with Crippen molar-refractivity contribution in [2.45, 2.75) is 52.5 Å². The van der Waals surface area contributed by atoms with E-state index >= 15 is 0 Å². The number of guanidine groups is 1. The first-order chi connectivity index (χ1) is 11.4. The quantitative estimate of drug-likeness (QED) is 0.387. The standard InChI is InChI=1S/C17H29N5OS.HI/c1-5-18-16(20-11-15(23)22-8-6-7-9-22)19-10-14-21-13(12-24-14)17(2,3)4;/h12H,5-11H2,1-4H3,(H2,18,19,20);1H. The lowest BCUT2D eigenvalue weighted by Gasteiger charge is -2.15. The minimum atomic E-state index is 0. The number of thiazole rings is 1. The van der Waals surface area contributed by atoms with Crippen molar-refractivity contribution >= 4 is 47.2 Å². The third-order valence-electron chi connectivity index (χ3n) is 3.90. The molecule has 1 fully saturated rings. The molecular weight excluding hydrogens is 449 g/mol. The molecule has 142 valence electrons. The molecule has 0 aliphatic carbocycles. The van der Waals surface area contributed by atoms with Gasteiger partial charge < -0.3 is 15.5 Å². The molecule has 0 bridgehead atoms. The number of likely N-dealkylation sites (tertiary alicyclic amines) is 1. The third-order valence-corrected chi connectivity index (χ3v) is 4.75. The van der Waals surface area contributed by atoms with E-state index < -0.39 is 0 Å². The largest absolute Gasteiger partial charge is 0.357 e. The fraction of sp³-hybridized carbons (Fsp3) is 0.706. The predicted molar refractivity (Wildman–Crippen MR) is 115 cm³/mol. The van der Waals surface area contributed by atoms with Crippen LogP contribution in [0.1, 0.15) is 51.2 Å². The van der Waals surface area contributed by atoms with E-state index in [0.29, 0.717) is 12.5 Å².